The molecule has 3 aromatic carbocycles. The molecule has 4 heteroatoms. The summed E-state index contributed by atoms with van der Waals surface area (Å²) in [6.45, 7) is 0. The SMILES string of the molecule is COc1ccc(C(=O)/C(=C/N(C)C)c2ccccc2Cl)c2ccccc12. The number of hydrogen-bond acceptors (Lipinski definition) is 3. The van der Waals surface area contributed by atoms with Crippen molar-refractivity contribution in [1.82, 2.24) is 4.90 Å². The van der Waals surface area contributed by atoms with Gasteiger partial charge in [0.25, 0.3) is 0 Å². The molecular formula is C22H20ClNO2. The Morgan fingerprint density at radius 3 is 2.23 bits per heavy atom. The molecule has 0 radical (unpaired) electrons. The normalized spacial score (nSPS) is 11.5. The van der Waals surface area contributed by atoms with Crippen molar-refractivity contribution in [3.63, 3.8) is 0 Å². The quantitative estimate of drug-likeness (QED) is 0.454. The van der Waals surface area contributed by atoms with Gasteiger partial charge in [0.2, 0.25) is 0 Å². The van der Waals surface area contributed by atoms with Crippen molar-refractivity contribution >= 4 is 33.7 Å². The van der Waals surface area contributed by atoms with Gasteiger partial charge in [-0.15, -0.1) is 0 Å². The van der Waals surface area contributed by atoms with E-state index in [2.05, 4.69) is 0 Å². The number of nitrogens with zero attached hydrogens (tertiary/aromatic N) is 1. The number of ether oxygens (including phenoxy) is 1. The second kappa shape index (κ2) is 7.63. The summed E-state index contributed by atoms with van der Waals surface area (Å²) in [4.78, 5) is 15.3. The molecule has 0 aliphatic carbocycles. The van der Waals surface area contributed by atoms with Crippen molar-refractivity contribution < 1.29 is 9.53 Å². The van der Waals surface area contributed by atoms with Gasteiger partial charge < -0.3 is 9.64 Å². The molecule has 3 nitrogen and oxygen atoms in total. The molecule has 26 heavy (non-hydrogen) atoms. The average Bonchev–Trinajstić information content (AvgIpc) is 2.65. The van der Waals surface area contributed by atoms with Gasteiger partial charge in [0.1, 0.15) is 5.75 Å². The molecule has 3 aromatic rings. The summed E-state index contributed by atoms with van der Waals surface area (Å²) in [7, 11) is 5.40. The molecule has 0 unspecified atom stereocenters. The second-order valence-corrected chi connectivity index (χ2v) is 6.58. The van der Waals surface area contributed by atoms with E-state index < -0.39 is 0 Å². The van der Waals surface area contributed by atoms with E-state index >= 15 is 0 Å². The summed E-state index contributed by atoms with van der Waals surface area (Å²) in [5.74, 6) is 0.665. The van der Waals surface area contributed by atoms with E-state index in [1.165, 1.54) is 0 Å². The van der Waals surface area contributed by atoms with Crippen LogP contribution in [0.15, 0.2) is 66.9 Å². The fourth-order valence-corrected chi connectivity index (χ4v) is 3.22. The minimum atomic E-state index is -0.0781. The van der Waals surface area contributed by atoms with Crippen LogP contribution in [-0.4, -0.2) is 31.9 Å². The molecule has 0 atom stereocenters. The second-order valence-electron chi connectivity index (χ2n) is 6.18. The van der Waals surface area contributed by atoms with E-state index in [1.807, 2.05) is 79.8 Å². The van der Waals surface area contributed by atoms with Crippen LogP contribution < -0.4 is 4.74 Å². The van der Waals surface area contributed by atoms with E-state index in [0.29, 0.717) is 21.7 Å². The number of ketones is 1. The van der Waals surface area contributed by atoms with Crippen molar-refractivity contribution in [2.45, 2.75) is 0 Å². The van der Waals surface area contributed by atoms with Crippen LogP contribution in [-0.2, 0) is 0 Å². The van der Waals surface area contributed by atoms with E-state index in [-0.39, 0.29) is 5.78 Å². The number of hydrogen-bond donors (Lipinski definition) is 0. The number of halogens is 1. The predicted molar refractivity (Wildman–Crippen MR) is 108 cm³/mol. The minimum absolute atomic E-state index is 0.0781. The third-order valence-electron chi connectivity index (χ3n) is 4.14. The van der Waals surface area contributed by atoms with E-state index in [0.717, 1.165) is 16.5 Å². The zero-order valence-corrected chi connectivity index (χ0v) is 15.7. The number of methoxy groups -OCH3 is 1. The molecule has 3 rings (SSSR count). The first-order valence-corrected chi connectivity index (χ1v) is 8.64. The molecule has 0 aliphatic heterocycles. The van der Waals surface area contributed by atoms with Gasteiger partial charge in [-0.05, 0) is 23.6 Å². The van der Waals surface area contributed by atoms with Gasteiger partial charge in [-0.2, -0.15) is 0 Å². The monoisotopic (exact) mass is 365 g/mol. The fraction of sp³-hybridized carbons (Fsp3) is 0.136. The third-order valence-corrected chi connectivity index (χ3v) is 4.47. The van der Waals surface area contributed by atoms with Crippen molar-refractivity contribution in [3.8, 4) is 5.75 Å². The highest BCUT2D eigenvalue weighted by Gasteiger charge is 2.20. The van der Waals surface area contributed by atoms with Crippen LogP contribution in [0.2, 0.25) is 5.02 Å². The first-order chi connectivity index (χ1) is 12.5. The Kier molecular flexibility index (Phi) is 5.29. The highest BCUT2D eigenvalue weighted by atomic mass is 35.5. The maximum absolute atomic E-state index is 13.5. The van der Waals surface area contributed by atoms with Crippen LogP contribution in [0.4, 0.5) is 0 Å². The standard InChI is InChI=1S/C22H20ClNO2/c1-24(2)14-19(16-9-6-7-11-20(16)23)22(25)18-12-13-21(26-3)17-10-5-4-8-15(17)18/h4-14H,1-3H3/b19-14+. The first kappa shape index (κ1) is 18.0. The zero-order valence-electron chi connectivity index (χ0n) is 15.0. The Bertz CT molecular complexity index is 992. The lowest BCUT2D eigenvalue weighted by Crippen LogP contribution is -2.10. The largest absolute Gasteiger partial charge is 0.496 e. The van der Waals surface area contributed by atoms with Crippen molar-refractivity contribution in [3.05, 3.63) is 83.0 Å². The molecule has 0 aliphatic rings. The molecule has 0 saturated carbocycles. The van der Waals surface area contributed by atoms with Gasteiger partial charge in [-0.1, -0.05) is 54.1 Å². The topological polar surface area (TPSA) is 29.5 Å². The Balaban J connectivity index is 2.21. The molecule has 0 spiro atoms. The number of benzene rings is 3. The molecule has 0 amide bonds. The molecule has 0 aromatic heterocycles. The summed E-state index contributed by atoms with van der Waals surface area (Å²) in [6, 6.07) is 18.8. The highest BCUT2D eigenvalue weighted by Crippen LogP contribution is 2.33. The smallest absolute Gasteiger partial charge is 0.195 e. The van der Waals surface area contributed by atoms with Gasteiger partial charge in [-0.3, -0.25) is 4.79 Å². The van der Waals surface area contributed by atoms with E-state index in [4.69, 9.17) is 16.3 Å². The van der Waals surface area contributed by atoms with Gasteiger partial charge in [-0.25, -0.2) is 0 Å². The van der Waals surface area contributed by atoms with Gasteiger partial charge in [0, 0.05) is 47.4 Å². The Labute approximate surface area is 158 Å². The van der Waals surface area contributed by atoms with Crippen LogP contribution in [0.1, 0.15) is 15.9 Å². The molecule has 0 heterocycles. The number of fused-ring (bicyclic) bond motifs is 1. The molecule has 0 bridgehead atoms. The number of allylic oxidation sites excluding steroid dienone is 1. The summed E-state index contributed by atoms with van der Waals surface area (Å²) in [6.07, 6.45) is 1.81. The lowest BCUT2D eigenvalue weighted by atomic mass is 9.93. The maximum atomic E-state index is 13.5. The lowest BCUT2D eigenvalue weighted by molar-refractivity contribution is 0.105. The first-order valence-electron chi connectivity index (χ1n) is 8.26. The van der Waals surface area contributed by atoms with Crippen molar-refractivity contribution in [2.24, 2.45) is 0 Å². The molecule has 0 fully saturated rings. The fourth-order valence-electron chi connectivity index (χ4n) is 2.98. The molecule has 0 N–H and O–H groups in total. The van der Waals surface area contributed by atoms with Crippen molar-refractivity contribution in [1.29, 1.82) is 0 Å². The van der Waals surface area contributed by atoms with Crippen LogP contribution in [0.3, 0.4) is 0 Å². The van der Waals surface area contributed by atoms with E-state index in [9.17, 15) is 4.79 Å². The predicted octanol–water partition coefficient (Wildman–Crippen LogP) is 5.29. The number of rotatable bonds is 5. The van der Waals surface area contributed by atoms with Crippen LogP contribution in [0, 0.1) is 0 Å². The number of carbonyl (C=O) groups excluding carboxylic acids is 1. The van der Waals surface area contributed by atoms with Crippen LogP contribution in [0.5, 0.6) is 5.75 Å². The lowest BCUT2D eigenvalue weighted by Gasteiger charge is -2.15. The van der Waals surface area contributed by atoms with Gasteiger partial charge >= 0.3 is 0 Å². The number of Topliss-reactive ketones (excluding diaryl/α,β-unsaturated/α-hetero) is 1. The third kappa shape index (κ3) is 3.44. The van der Waals surface area contributed by atoms with E-state index in [1.54, 1.807) is 13.2 Å². The summed E-state index contributed by atoms with van der Waals surface area (Å²) >= 11 is 6.37. The Morgan fingerprint density at radius 2 is 1.58 bits per heavy atom. The highest BCUT2D eigenvalue weighted by molar-refractivity contribution is 6.38. The Hall–Kier alpha value is -2.78. The van der Waals surface area contributed by atoms with Gasteiger partial charge in [0.15, 0.2) is 5.78 Å². The maximum Gasteiger partial charge on any atom is 0.195 e. The van der Waals surface area contributed by atoms with Crippen molar-refractivity contribution in [2.75, 3.05) is 21.2 Å². The van der Waals surface area contributed by atoms with Gasteiger partial charge in [0.05, 0.1) is 7.11 Å². The number of carbonyl (C=O) groups is 1. The zero-order chi connectivity index (χ0) is 18.7. The Morgan fingerprint density at radius 1 is 0.923 bits per heavy atom. The summed E-state index contributed by atoms with van der Waals surface area (Å²) in [5.41, 5.74) is 1.89. The van der Waals surface area contributed by atoms with Crippen LogP contribution >= 0.6 is 11.6 Å². The molecule has 0 saturated heterocycles. The summed E-state index contributed by atoms with van der Waals surface area (Å²) < 4.78 is 5.44. The molecular weight excluding hydrogens is 346 g/mol. The average molecular weight is 366 g/mol. The molecule has 132 valence electrons. The summed E-state index contributed by atoms with van der Waals surface area (Å²) in [5, 5.41) is 2.31. The minimum Gasteiger partial charge on any atom is -0.496 e. The van der Waals surface area contributed by atoms with Crippen LogP contribution in [0.25, 0.3) is 16.3 Å².